The van der Waals surface area contributed by atoms with Crippen LogP contribution >= 0.6 is 0 Å². The van der Waals surface area contributed by atoms with E-state index in [0.717, 1.165) is 15.8 Å². The first-order chi connectivity index (χ1) is 11.8. The lowest BCUT2D eigenvalue weighted by Gasteiger charge is -2.21. The topological polar surface area (TPSA) is 37.4 Å². The average Bonchev–Trinajstić information content (AvgIpc) is 2.78. The van der Waals surface area contributed by atoms with E-state index in [2.05, 4.69) is 0 Å². The summed E-state index contributed by atoms with van der Waals surface area (Å²) in [4.78, 5) is 0.130. The van der Waals surface area contributed by atoms with Gasteiger partial charge in [-0.05, 0) is 29.1 Å². The number of hydrogen-bond acceptors (Lipinski definition) is 2. The molecule has 7 heteroatoms. The maximum atomic E-state index is 13.2. The summed E-state index contributed by atoms with van der Waals surface area (Å²) in [5.41, 5.74) is -0.498. The predicted octanol–water partition coefficient (Wildman–Crippen LogP) is 4.57. The highest BCUT2D eigenvalue weighted by molar-refractivity contribution is 7.93. The molecule has 0 radical (unpaired) electrons. The maximum absolute atomic E-state index is 13.2. The zero-order chi connectivity index (χ0) is 17.8. The number of sulfonamides is 1. The molecule has 0 spiro atoms. The molecule has 0 aromatic heterocycles. The summed E-state index contributed by atoms with van der Waals surface area (Å²) in [6, 6.07) is 15.0. The summed E-state index contributed by atoms with van der Waals surface area (Å²) in [6.07, 6.45) is -4.54. The van der Waals surface area contributed by atoms with Gasteiger partial charge in [-0.1, -0.05) is 42.5 Å². The van der Waals surface area contributed by atoms with Gasteiger partial charge >= 0.3 is 6.18 Å². The van der Waals surface area contributed by atoms with Crippen LogP contribution in [0, 0.1) is 0 Å². The van der Waals surface area contributed by atoms with Crippen LogP contribution in [0.25, 0.3) is 10.8 Å². The lowest BCUT2D eigenvalue weighted by atomic mass is 10.1. The molecule has 3 aromatic rings. The smallest absolute Gasteiger partial charge is 0.261 e. The second-order valence-electron chi connectivity index (χ2n) is 5.80. The minimum Gasteiger partial charge on any atom is -0.261 e. The molecule has 0 fully saturated rings. The third-order valence-corrected chi connectivity index (χ3v) is 6.12. The van der Waals surface area contributed by atoms with E-state index < -0.39 is 21.8 Å². The molecular formula is C18H12F3NO2S. The van der Waals surface area contributed by atoms with E-state index in [1.54, 1.807) is 30.3 Å². The second kappa shape index (κ2) is 5.23. The molecule has 1 aliphatic heterocycles. The Labute approximate surface area is 142 Å². The first-order valence-corrected chi connectivity index (χ1v) is 8.94. The number of hydrogen-bond donors (Lipinski definition) is 0. The number of alkyl halides is 3. The zero-order valence-electron chi connectivity index (χ0n) is 12.8. The number of nitrogens with zero attached hydrogens (tertiary/aromatic N) is 1. The van der Waals surface area contributed by atoms with Crippen molar-refractivity contribution in [2.75, 3.05) is 4.31 Å². The van der Waals surface area contributed by atoms with Crippen LogP contribution in [0.5, 0.6) is 0 Å². The number of benzene rings is 3. The van der Waals surface area contributed by atoms with Crippen LogP contribution < -0.4 is 4.31 Å². The Morgan fingerprint density at radius 1 is 0.880 bits per heavy atom. The van der Waals surface area contributed by atoms with Gasteiger partial charge in [-0.25, -0.2) is 8.42 Å². The van der Waals surface area contributed by atoms with Crippen molar-refractivity contribution in [3.05, 3.63) is 71.8 Å². The van der Waals surface area contributed by atoms with Crippen molar-refractivity contribution in [2.45, 2.75) is 17.6 Å². The predicted molar refractivity (Wildman–Crippen MR) is 88.8 cm³/mol. The molecule has 25 heavy (non-hydrogen) atoms. The van der Waals surface area contributed by atoms with Gasteiger partial charge in [0.05, 0.1) is 22.7 Å². The maximum Gasteiger partial charge on any atom is 0.416 e. The fraction of sp³-hybridized carbons (Fsp3) is 0.111. The van der Waals surface area contributed by atoms with Crippen molar-refractivity contribution in [3.63, 3.8) is 0 Å². The highest BCUT2D eigenvalue weighted by atomic mass is 32.2. The van der Waals surface area contributed by atoms with Gasteiger partial charge in [0.25, 0.3) is 10.0 Å². The molecule has 3 nitrogen and oxygen atoms in total. The van der Waals surface area contributed by atoms with Crippen LogP contribution in [0.2, 0.25) is 0 Å². The Hall–Kier alpha value is -2.54. The van der Waals surface area contributed by atoms with E-state index in [1.807, 2.05) is 0 Å². The van der Waals surface area contributed by atoms with Gasteiger partial charge in [0.2, 0.25) is 0 Å². The quantitative estimate of drug-likeness (QED) is 0.669. The molecule has 0 saturated carbocycles. The van der Waals surface area contributed by atoms with E-state index in [9.17, 15) is 21.6 Å². The highest BCUT2D eigenvalue weighted by Gasteiger charge is 2.38. The molecule has 0 aliphatic carbocycles. The summed E-state index contributed by atoms with van der Waals surface area (Å²) in [6.45, 7) is -0.369. The molecule has 3 aromatic carbocycles. The molecule has 0 unspecified atom stereocenters. The number of halogens is 3. The van der Waals surface area contributed by atoms with Gasteiger partial charge in [-0.3, -0.25) is 4.31 Å². The van der Waals surface area contributed by atoms with Crippen molar-refractivity contribution < 1.29 is 21.6 Å². The van der Waals surface area contributed by atoms with E-state index in [-0.39, 0.29) is 17.0 Å². The molecule has 0 amide bonds. The van der Waals surface area contributed by atoms with E-state index in [4.69, 9.17) is 0 Å². The van der Waals surface area contributed by atoms with Gasteiger partial charge < -0.3 is 0 Å². The van der Waals surface area contributed by atoms with Crippen molar-refractivity contribution in [3.8, 4) is 0 Å². The van der Waals surface area contributed by atoms with Crippen LogP contribution in [-0.4, -0.2) is 8.42 Å². The van der Waals surface area contributed by atoms with Gasteiger partial charge in [0.1, 0.15) is 0 Å². The van der Waals surface area contributed by atoms with Gasteiger partial charge in [0.15, 0.2) is 0 Å². The normalized spacial score (nSPS) is 15.7. The highest BCUT2D eigenvalue weighted by Crippen LogP contribution is 2.43. The van der Waals surface area contributed by atoms with Crippen molar-refractivity contribution >= 4 is 26.5 Å². The first kappa shape index (κ1) is 16.0. The van der Waals surface area contributed by atoms with Crippen LogP contribution in [0.1, 0.15) is 11.1 Å². The second-order valence-corrected chi connectivity index (χ2v) is 7.63. The SMILES string of the molecule is O=S1(=O)c2cccc3cccc(c23)N1Cc1ccccc1C(F)(F)F. The summed E-state index contributed by atoms with van der Waals surface area (Å²) < 4.78 is 66.5. The zero-order valence-corrected chi connectivity index (χ0v) is 13.6. The van der Waals surface area contributed by atoms with Crippen molar-refractivity contribution in [2.24, 2.45) is 0 Å². The molecule has 0 bridgehead atoms. The fourth-order valence-corrected chi connectivity index (χ4v) is 4.91. The first-order valence-electron chi connectivity index (χ1n) is 7.50. The van der Waals surface area contributed by atoms with Gasteiger partial charge in [0, 0.05) is 5.39 Å². The minimum absolute atomic E-state index is 0.0802. The van der Waals surface area contributed by atoms with Crippen LogP contribution in [0.4, 0.5) is 18.9 Å². The summed E-state index contributed by atoms with van der Waals surface area (Å²) >= 11 is 0. The molecule has 1 heterocycles. The van der Waals surface area contributed by atoms with E-state index in [0.29, 0.717) is 11.1 Å². The third-order valence-electron chi connectivity index (χ3n) is 4.32. The monoisotopic (exact) mass is 363 g/mol. The molecule has 0 saturated heterocycles. The standard InChI is InChI=1S/C18H12F3NO2S/c19-18(20,21)14-8-2-1-5-13(14)11-22-15-9-3-6-12-7-4-10-16(17(12)15)25(22,23)24/h1-10H,11H2. The molecule has 128 valence electrons. The Balaban J connectivity index is 1.88. The van der Waals surface area contributed by atoms with Gasteiger partial charge in [-0.15, -0.1) is 0 Å². The summed E-state index contributed by atoms with van der Waals surface area (Å²) in [7, 11) is -3.89. The van der Waals surface area contributed by atoms with Crippen molar-refractivity contribution in [1.82, 2.24) is 0 Å². The van der Waals surface area contributed by atoms with E-state index >= 15 is 0 Å². The van der Waals surface area contributed by atoms with Crippen LogP contribution in [0.3, 0.4) is 0 Å². The Morgan fingerprint density at radius 3 is 2.28 bits per heavy atom. The van der Waals surface area contributed by atoms with Crippen molar-refractivity contribution in [1.29, 1.82) is 0 Å². The lowest BCUT2D eigenvalue weighted by Crippen LogP contribution is -2.27. The Bertz CT molecular complexity index is 1090. The molecular weight excluding hydrogens is 351 g/mol. The number of rotatable bonds is 2. The van der Waals surface area contributed by atoms with Crippen LogP contribution in [-0.2, 0) is 22.7 Å². The Morgan fingerprint density at radius 2 is 1.56 bits per heavy atom. The number of anilines is 1. The van der Waals surface area contributed by atoms with E-state index in [1.165, 1.54) is 24.3 Å². The Kier molecular flexibility index (Phi) is 3.34. The fourth-order valence-electron chi connectivity index (χ4n) is 3.22. The minimum atomic E-state index is -4.54. The average molecular weight is 363 g/mol. The summed E-state index contributed by atoms with van der Waals surface area (Å²) in [5, 5.41) is 1.29. The van der Waals surface area contributed by atoms with Gasteiger partial charge in [-0.2, -0.15) is 13.2 Å². The lowest BCUT2D eigenvalue weighted by molar-refractivity contribution is -0.138. The molecule has 0 atom stereocenters. The molecule has 0 N–H and O–H groups in total. The molecule has 4 rings (SSSR count). The largest absolute Gasteiger partial charge is 0.416 e. The van der Waals surface area contributed by atoms with Crippen LogP contribution in [0.15, 0.2) is 65.6 Å². The molecule has 1 aliphatic rings. The summed E-state index contributed by atoms with van der Waals surface area (Å²) in [5.74, 6) is 0. The third kappa shape index (κ3) is 2.38.